The summed E-state index contributed by atoms with van der Waals surface area (Å²) in [6, 6.07) is 3.11. The lowest BCUT2D eigenvalue weighted by atomic mass is 9.89. The first-order valence-corrected chi connectivity index (χ1v) is 7.75. The highest BCUT2D eigenvalue weighted by molar-refractivity contribution is 9.10. The van der Waals surface area contributed by atoms with Gasteiger partial charge in [0.2, 0.25) is 0 Å². The van der Waals surface area contributed by atoms with E-state index in [2.05, 4.69) is 28.2 Å². The van der Waals surface area contributed by atoms with Crippen molar-refractivity contribution in [3.63, 3.8) is 0 Å². The third-order valence-corrected chi connectivity index (χ3v) is 4.72. The van der Waals surface area contributed by atoms with Gasteiger partial charge in [0.1, 0.15) is 11.6 Å². The van der Waals surface area contributed by atoms with Gasteiger partial charge < -0.3 is 10.1 Å². The summed E-state index contributed by atoms with van der Waals surface area (Å²) < 4.78 is 20.4. The monoisotopic (exact) mass is 327 g/mol. The van der Waals surface area contributed by atoms with E-state index < -0.39 is 0 Å². The smallest absolute Gasteiger partial charge is 0.138 e. The molecule has 1 heterocycles. The van der Waals surface area contributed by atoms with Crippen LogP contribution >= 0.6 is 15.9 Å². The SMILES string of the molecule is CC1(c2cc(F)cc(Br)c2OCC2CC2)CCCN1. The topological polar surface area (TPSA) is 21.3 Å². The van der Waals surface area contributed by atoms with Gasteiger partial charge in [-0.3, -0.25) is 0 Å². The highest BCUT2D eigenvalue weighted by Gasteiger charge is 2.34. The van der Waals surface area contributed by atoms with Crippen molar-refractivity contribution < 1.29 is 9.13 Å². The van der Waals surface area contributed by atoms with E-state index in [0.29, 0.717) is 5.92 Å². The molecular formula is C15H19BrFNO. The van der Waals surface area contributed by atoms with E-state index in [9.17, 15) is 4.39 Å². The van der Waals surface area contributed by atoms with Crippen LogP contribution in [0.2, 0.25) is 0 Å². The molecule has 4 heteroatoms. The number of ether oxygens (including phenoxy) is 1. The second-order valence-electron chi connectivity index (χ2n) is 5.88. The third-order valence-electron chi connectivity index (χ3n) is 4.13. The number of benzene rings is 1. The number of halogens is 2. The van der Waals surface area contributed by atoms with Gasteiger partial charge in [-0.05, 0) is 73.1 Å². The lowest BCUT2D eigenvalue weighted by molar-refractivity contribution is 0.283. The molecule has 0 amide bonds. The summed E-state index contributed by atoms with van der Waals surface area (Å²) in [5.74, 6) is 1.29. The van der Waals surface area contributed by atoms with Crippen LogP contribution in [-0.4, -0.2) is 13.2 Å². The van der Waals surface area contributed by atoms with Crippen LogP contribution in [0.4, 0.5) is 4.39 Å². The van der Waals surface area contributed by atoms with E-state index in [4.69, 9.17) is 4.74 Å². The number of hydrogen-bond acceptors (Lipinski definition) is 2. The van der Waals surface area contributed by atoms with Gasteiger partial charge in [-0.2, -0.15) is 0 Å². The van der Waals surface area contributed by atoms with Crippen molar-refractivity contribution in [2.45, 2.75) is 38.1 Å². The van der Waals surface area contributed by atoms with E-state index in [-0.39, 0.29) is 11.4 Å². The van der Waals surface area contributed by atoms with Gasteiger partial charge in [0.25, 0.3) is 0 Å². The highest BCUT2D eigenvalue weighted by Crippen LogP contribution is 2.42. The van der Waals surface area contributed by atoms with E-state index in [1.807, 2.05) is 0 Å². The molecule has 1 aromatic rings. The summed E-state index contributed by atoms with van der Waals surface area (Å²) in [4.78, 5) is 0. The maximum atomic E-state index is 13.7. The van der Waals surface area contributed by atoms with Crippen molar-refractivity contribution in [3.8, 4) is 5.75 Å². The molecule has 3 rings (SSSR count). The van der Waals surface area contributed by atoms with Crippen molar-refractivity contribution in [2.24, 2.45) is 5.92 Å². The number of nitrogens with one attached hydrogen (secondary N) is 1. The van der Waals surface area contributed by atoms with E-state index in [1.54, 1.807) is 6.07 Å². The van der Waals surface area contributed by atoms with Crippen LogP contribution in [0.25, 0.3) is 0 Å². The molecule has 2 aliphatic rings. The summed E-state index contributed by atoms with van der Waals surface area (Å²) in [6.07, 6.45) is 4.64. The Hall–Kier alpha value is -0.610. The molecule has 1 saturated carbocycles. The summed E-state index contributed by atoms with van der Waals surface area (Å²) in [5.41, 5.74) is 0.765. The maximum Gasteiger partial charge on any atom is 0.138 e. The molecule has 1 aliphatic heterocycles. The summed E-state index contributed by atoms with van der Waals surface area (Å²) in [6.45, 7) is 3.85. The lowest BCUT2D eigenvalue weighted by Gasteiger charge is -2.28. The molecule has 0 aromatic heterocycles. The van der Waals surface area contributed by atoms with Crippen LogP contribution in [0, 0.1) is 11.7 Å². The first kappa shape index (κ1) is 13.4. The maximum absolute atomic E-state index is 13.7. The molecule has 1 aromatic carbocycles. The van der Waals surface area contributed by atoms with Crippen LogP contribution < -0.4 is 10.1 Å². The fourth-order valence-electron chi connectivity index (χ4n) is 2.73. The molecule has 0 radical (unpaired) electrons. The summed E-state index contributed by atoms with van der Waals surface area (Å²) in [5, 5.41) is 3.48. The minimum absolute atomic E-state index is 0.177. The number of hydrogen-bond donors (Lipinski definition) is 1. The second kappa shape index (κ2) is 5.06. The predicted molar refractivity (Wildman–Crippen MR) is 76.9 cm³/mol. The molecule has 2 nitrogen and oxygen atoms in total. The normalized spacial score (nSPS) is 26.7. The van der Waals surface area contributed by atoms with Gasteiger partial charge in [0.05, 0.1) is 11.1 Å². The third kappa shape index (κ3) is 2.79. The molecule has 2 fully saturated rings. The predicted octanol–water partition coefficient (Wildman–Crippen LogP) is 3.98. The van der Waals surface area contributed by atoms with E-state index in [1.165, 1.54) is 18.9 Å². The summed E-state index contributed by atoms with van der Waals surface area (Å²) in [7, 11) is 0. The Kier molecular flexibility index (Phi) is 3.56. The average Bonchev–Trinajstić information content (AvgIpc) is 3.08. The minimum Gasteiger partial charge on any atom is -0.492 e. The zero-order chi connectivity index (χ0) is 13.5. The van der Waals surface area contributed by atoms with Crippen molar-refractivity contribution in [1.82, 2.24) is 5.32 Å². The van der Waals surface area contributed by atoms with Crippen LogP contribution in [-0.2, 0) is 5.54 Å². The second-order valence-corrected chi connectivity index (χ2v) is 6.74. The van der Waals surface area contributed by atoms with Crippen molar-refractivity contribution in [2.75, 3.05) is 13.2 Å². The zero-order valence-corrected chi connectivity index (χ0v) is 12.7. The largest absolute Gasteiger partial charge is 0.492 e. The standard InChI is InChI=1S/C15H19BrFNO/c1-15(5-2-6-18-15)12-7-11(17)8-13(16)14(12)19-9-10-3-4-10/h7-8,10,18H,2-6,9H2,1H3. The van der Waals surface area contributed by atoms with E-state index in [0.717, 1.165) is 41.8 Å². The van der Waals surface area contributed by atoms with Crippen molar-refractivity contribution in [1.29, 1.82) is 0 Å². The minimum atomic E-state index is -0.212. The highest BCUT2D eigenvalue weighted by atomic mass is 79.9. The first-order chi connectivity index (χ1) is 9.08. The molecule has 1 unspecified atom stereocenters. The molecule has 1 saturated heterocycles. The van der Waals surface area contributed by atoms with Crippen molar-refractivity contribution in [3.05, 3.63) is 28.0 Å². The van der Waals surface area contributed by atoms with E-state index >= 15 is 0 Å². The quantitative estimate of drug-likeness (QED) is 0.903. The molecule has 1 N–H and O–H groups in total. The molecule has 104 valence electrons. The fraction of sp³-hybridized carbons (Fsp3) is 0.600. The molecular weight excluding hydrogens is 309 g/mol. The molecule has 0 bridgehead atoms. The molecule has 0 spiro atoms. The van der Waals surface area contributed by atoms with Crippen LogP contribution in [0.1, 0.15) is 38.2 Å². The molecule has 1 atom stereocenters. The Bertz CT molecular complexity index is 481. The van der Waals surface area contributed by atoms with Crippen LogP contribution in [0.5, 0.6) is 5.75 Å². The van der Waals surface area contributed by atoms with Gasteiger partial charge in [-0.1, -0.05) is 0 Å². The van der Waals surface area contributed by atoms with Crippen LogP contribution in [0.3, 0.4) is 0 Å². The van der Waals surface area contributed by atoms with Gasteiger partial charge in [0.15, 0.2) is 0 Å². The Morgan fingerprint density at radius 2 is 2.26 bits per heavy atom. The van der Waals surface area contributed by atoms with Gasteiger partial charge in [-0.25, -0.2) is 4.39 Å². The Morgan fingerprint density at radius 1 is 1.47 bits per heavy atom. The molecule has 19 heavy (non-hydrogen) atoms. The number of rotatable bonds is 4. The van der Waals surface area contributed by atoms with Gasteiger partial charge in [-0.15, -0.1) is 0 Å². The average molecular weight is 328 g/mol. The van der Waals surface area contributed by atoms with Crippen LogP contribution in [0.15, 0.2) is 16.6 Å². The first-order valence-electron chi connectivity index (χ1n) is 6.96. The Morgan fingerprint density at radius 3 is 2.89 bits per heavy atom. The van der Waals surface area contributed by atoms with Gasteiger partial charge in [0, 0.05) is 11.1 Å². The van der Waals surface area contributed by atoms with Gasteiger partial charge >= 0.3 is 0 Å². The Labute approximate surface area is 121 Å². The van der Waals surface area contributed by atoms with Crippen molar-refractivity contribution >= 4 is 15.9 Å². The fourth-order valence-corrected chi connectivity index (χ4v) is 3.27. The molecule has 1 aliphatic carbocycles. The summed E-state index contributed by atoms with van der Waals surface area (Å²) >= 11 is 3.45. The zero-order valence-electron chi connectivity index (χ0n) is 11.1. The Balaban J connectivity index is 1.94. The lowest BCUT2D eigenvalue weighted by Crippen LogP contribution is -2.34.